The lowest BCUT2D eigenvalue weighted by molar-refractivity contribution is -0.140. The van der Waals surface area contributed by atoms with Crippen LogP contribution in [0.25, 0.3) is 0 Å². The van der Waals surface area contributed by atoms with Gasteiger partial charge in [0.1, 0.15) is 6.04 Å². The summed E-state index contributed by atoms with van der Waals surface area (Å²) in [7, 11) is 0. The molecule has 1 heterocycles. The lowest BCUT2D eigenvalue weighted by Crippen LogP contribution is -2.45. The van der Waals surface area contributed by atoms with E-state index in [1.165, 1.54) is 6.92 Å². The molecule has 0 saturated carbocycles. The number of hydrogen-bond acceptors (Lipinski definition) is 6. The van der Waals surface area contributed by atoms with Crippen LogP contribution in [0.15, 0.2) is 24.3 Å². The number of rotatable bonds is 12. The largest absolute Gasteiger partial charge is 0.393 e. The Morgan fingerprint density at radius 1 is 1.18 bits per heavy atom. The predicted molar refractivity (Wildman–Crippen MR) is 152 cm³/mol. The van der Waals surface area contributed by atoms with E-state index in [9.17, 15) is 19.2 Å². The standard InChI is InChI=1S/C19H27N3O3.C4H9NO2.C3H9N.C2H6/c1-15-6-4-7-16(12-15)13-21(10-3-2-9-18(20)24)19(25)17-8-5-11-22(17)14-23;1-3(6)2-4(5)7;1-2-3-4;1-2/h4,6-7,12,14,17H,2-3,5,8-11,13H2,1H3,(H2,20,24);3,6H,2H2,1H3,(H2,5,7);2-4H2,1H3;1-2H3/t;3-;;/m.1../s1. The van der Waals surface area contributed by atoms with Crippen LogP contribution in [0.1, 0.15) is 83.8 Å². The van der Waals surface area contributed by atoms with Crippen molar-refractivity contribution in [1.82, 2.24) is 9.80 Å². The van der Waals surface area contributed by atoms with Crippen molar-refractivity contribution in [1.29, 1.82) is 0 Å². The Bertz CT molecular complexity index is 802. The average molecular weight is 538 g/mol. The third kappa shape index (κ3) is 18.3. The minimum Gasteiger partial charge on any atom is -0.393 e. The molecule has 7 N–H and O–H groups in total. The fraction of sp³-hybridized carbons (Fsp3) is 0.643. The molecule has 10 nitrogen and oxygen atoms in total. The molecule has 0 aromatic heterocycles. The molecule has 1 aromatic rings. The van der Waals surface area contributed by atoms with E-state index in [0.717, 1.165) is 36.9 Å². The minimum atomic E-state index is -0.600. The van der Waals surface area contributed by atoms with E-state index in [2.05, 4.69) is 13.0 Å². The number of unbranched alkanes of at least 4 members (excludes halogenated alkanes) is 1. The van der Waals surface area contributed by atoms with Crippen molar-refractivity contribution in [3.05, 3.63) is 35.4 Å². The molecule has 1 fully saturated rings. The molecular formula is C28H51N5O5. The molecule has 0 bridgehead atoms. The summed E-state index contributed by atoms with van der Waals surface area (Å²) in [6, 6.07) is 7.71. The topological polar surface area (TPSA) is 173 Å². The zero-order valence-electron chi connectivity index (χ0n) is 24.0. The summed E-state index contributed by atoms with van der Waals surface area (Å²) in [5, 5.41) is 8.42. The lowest BCUT2D eigenvalue weighted by Gasteiger charge is -2.29. The van der Waals surface area contributed by atoms with E-state index < -0.39 is 12.0 Å². The van der Waals surface area contributed by atoms with Gasteiger partial charge in [-0.2, -0.15) is 0 Å². The van der Waals surface area contributed by atoms with Gasteiger partial charge >= 0.3 is 0 Å². The van der Waals surface area contributed by atoms with Crippen LogP contribution in [-0.2, 0) is 25.7 Å². The van der Waals surface area contributed by atoms with Gasteiger partial charge < -0.3 is 32.1 Å². The van der Waals surface area contributed by atoms with E-state index in [0.29, 0.717) is 45.3 Å². The molecule has 10 heteroatoms. The fourth-order valence-electron chi connectivity index (χ4n) is 3.58. The van der Waals surface area contributed by atoms with Gasteiger partial charge in [0.15, 0.2) is 0 Å². The number of aliphatic hydroxyl groups excluding tert-OH is 1. The van der Waals surface area contributed by atoms with Gasteiger partial charge in [0, 0.05) is 26.1 Å². The third-order valence-corrected chi connectivity index (χ3v) is 5.37. The normalized spacial score (nSPS) is 14.4. The van der Waals surface area contributed by atoms with Gasteiger partial charge in [0.2, 0.25) is 24.1 Å². The molecule has 0 radical (unpaired) electrons. The number of benzene rings is 1. The van der Waals surface area contributed by atoms with Gasteiger partial charge in [-0.05, 0) is 58.1 Å². The zero-order chi connectivity index (χ0) is 29.5. The number of amides is 4. The number of nitrogens with two attached hydrogens (primary N) is 3. The molecular weight excluding hydrogens is 486 g/mol. The Morgan fingerprint density at radius 3 is 2.26 bits per heavy atom. The molecule has 2 atom stereocenters. The number of carbonyl (C=O) groups is 4. The molecule has 1 aliphatic rings. The third-order valence-electron chi connectivity index (χ3n) is 5.37. The van der Waals surface area contributed by atoms with Crippen molar-refractivity contribution in [2.75, 3.05) is 19.6 Å². The monoisotopic (exact) mass is 537 g/mol. The van der Waals surface area contributed by atoms with Crippen LogP contribution in [0, 0.1) is 6.92 Å². The summed E-state index contributed by atoms with van der Waals surface area (Å²) in [6.07, 6.45) is 4.60. The predicted octanol–water partition coefficient (Wildman–Crippen LogP) is 2.22. The molecule has 1 aromatic carbocycles. The molecule has 4 amide bonds. The van der Waals surface area contributed by atoms with Crippen LogP contribution in [0.4, 0.5) is 0 Å². The second-order valence-electron chi connectivity index (χ2n) is 8.98. The van der Waals surface area contributed by atoms with E-state index in [4.69, 9.17) is 22.3 Å². The van der Waals surface area contributed by atoms with Crippen molar-refractivity contribution in [2.24, 2.45) is 17.2 Å². The van der Waals surface area contributed by atoms with Crippen molar-refractivity contribution < 1.29 is 24.3 Å². The number of carbonyl (C=O) groups excluding carboxylic acids is 4. The van der Waals surface area contributed by atoms with Crippen LogP contribution in [-0.4, -0.2) is 70.8 Å². The van der Waals surface area contributed by atoms with Gasteiger partial charge in [-0.3, -0.25) is 19.2 Å². The molecule has 0 aliphatic carbocycles. The summed E-state index contributed by atoms with van der Waals surface area (Å²) in [4.78, 5) is 48.3. The summed E-state index contributed by atoms with van der Waals surface area (Å²) in [5.41, 5.74) is 17.1. The summed E-state index contributed by atoms with van der Waals surface area (Å²) in [5.74, 6) is -0.792. The number of likely N-dealkylation sites (tertiary alicyclic amines) is 1. The van der Waals surface area contributed by atoms with Gasteiger partial charge in [-0.15, -0.1) is 0 Å². The van der Waals surface area contributed by atoms with Crippen molar-refractivity contribution in [3.8, 4) is 0 Å². The van der Waals surface area contributed by atoms with E-state index in [-0.39, 0.29) is 24.3 Å². The van der Waals surface area contributed by atoms with Crippen molar-refractivity contribution in [2.45, 2.75) is 98.3 Å². The Kier molecular flexibility index (Phi) is 22.7. The van der Waals surface area contributed by atoms with Crippen LogP contribution in [0.5, 0.6) is 0 Å². The SMILES string of the molecule is CC.CCCN.C[C@@H](O)CC(N)=O.Cc1cccc(CN(CCCCC(N)=O)C(=O)C2CCCN2C=O)c1. The highest BCUT2D eigenvalue weighted by Crippen LogP contribution is 2.19. The summed E-state index contributed by atoms with van der Waals surface area (Å²) >= 11 is 0. The highest BCUT2D eigenvalue weighted by atomic mass is 16.3. The quantitative estimate of drug-likeness (QED) is 0.235. The Hall–Kier alpha value is -2.98. The average Bonchev–Trinajstić information content (AvgIpc) is 3.35. The van der Waals surface area contributed by atoms with Gasteiger partial charge in [0.05, 0.1) is 12.5 Å². The van der Waals surface area contributed by atoms with Crippen LogP contribution >= 0.6 is 0 Å². The minimum absolute atomic E-state index is 0.00909. The number of primary amides is 2. The van der Waals surface area contributed by atoms with Crippen LogP contribution in [0.3, 0.4) is 0 Å². The maximum Gasteiger partial charge on any atom is 0.245 e. The van der Waals surface area contributed by atoms with Crippen molar-refractivity contribution >= 4 is 24.1 Å². The van der Waals surface area contributed by atoms with E-state index >= 15 is 0 Å². The maximum atomic E-state index is 13.0. The Morgan fingerprint density at radius 2 is 1.82 bits per heavy atom. The fourth-order valence-corrected chi connectivity index (χ4v) is 3.58. The van der Waals surface area contributed by atoms with E-state index in [1.807, 2.05) is 43.9 Å². The first kappa shape index (κ1) is 37.2. The first-order valence-corrected chi connectivity index (χ1v) is 13.6. The molecule has 38 heavy (non-hydrogen) atoms. The van der Waals surface area contributed by atoms with Crippen molar-refractivity contribution in [3.63, 3.8) is 0 Å². The van der Waals surface area contributed by atoms with Gasteiger partial charge in [-0.1, -0.05) is 50.6 Å². The molecule has 218 valence electrons. The smallest absolute Gasteiger partial charge is 0.245 e. The highest BCUT2D eigenvalue weighted by molar-refractivity contribution is 5.84. The summed E-state index contributed by atoms with van der Waals surface area (Å²) in [6.45, 7) is 12.1. The molecule has 0 spiro atoms. The first-order chi connectivity index (χ1) is 18.0. The number of aryl methyl sites for hydroxylation is 1. The Balaban J connectivity index is 0. The first-order valence-electron chi connectivity index (χ1n) is 13.6. The number of aliphatic hydroxyl groups is 1. The van der Waals surface area contributed by atoms with Crippen LogP contribution < -0.4 is 17.2 Å². The van der Waals surface area contributed by atoms with Crippen LogP contribution in [0.2, 0.25) is 0 Å². The molecule has 2 rings (SSSR count). The maximum absolute atomic E-state index is 13.0. The number of hydrogen-bond donors (Lipinski definition) is 4. The number of nitrogens with zero attached hydrogens (tertiary/aromatic N) is 2. The van der Waals surface area contributed by atoms with E-state index in [1.54, 1.807) is 4.90 Å². The highest BCUT2D eigenvalue weighted by Gasteiger charge is 2.32. The Labute approximate surface area is 228 Å². The molecule has 1 aliphatic heterocycles. The molecule has 1 saturated heterocycles. The van der Waals surface area contributed by atoms with Gasteiger partial charge in [0.25, 0.3) is 0 Å². The zero-order valence-corrected chi connectivity index (χ0v) is 24.0. The lowest BCUT2D eigenvalue weighted by atomic mass is 10.1. The second kappa shape index (κ2) is 23.2. The second-order valence-corrected chi connectivity index (χ2v) is 8.98. The van der Waals surface area contributed by atoms with Gasteiger partial charge in [-0.25, -0.2) is 0 Å². The summed E-state index contributed by atoms with van der Waals surface area (Å²) < 4.78 is 0. The molecule has 1 unspecified atom stereocenters.